The number of thiazole rings is 1. The number of hydrogen-bond acceptors (Lipinski definition) is 5. The maximum atomic E-state index is 12.7. The molecule has 3 rings (SSSR count). The van der Waals surface area contributed by atoms with Crippen LogP contribution in [0.3, 0.4) is 0 Å². The van der Waals surface area contributed by atoms with Crippen molar-refractivity contribution < 1.29 is 13.2 Å². The van der Waals surface area contributed by atoms with Crippen LogP contribution in [0.5, 0.6) is 0 Å². The minimum atomic E-state index is -3.00. The van der Waals surface area contributed by atoms with Gasteiger partial charge in [-0.15, -0.1) is 11.3 Å². The lowest BCUT2D eigenvalue weighted by Crippen LogP contribution is -2.40. The number of carbonyl (C=O) groups excluding carboxylic acids is 1. The van der Waals surface area contributed by atoms with E-state index in [9.17, 15) is 13.2 Å². The van der Waals surface area contributed by atoms with Crippen LogP contribution in [0.2, 0.25) is 0 Å². The quantitative estimate of drug-likeness (QED) is 0.849. The molecule has 1 aliphatic rings. The van der Waals surface area contributed by atoms with Crippen molar-refractivity contribution in [2.75, 3.05) is 18.1 Å². The lowest BCUT2D eigenvalue weighted by Gasteiger charge is -2.27. The first kappa shape index (κ1) is 16.1. The molecule has 1 fully saturated rings. The van der Waals surface area contributed by atoms with Crippen LogP contribution in [0.4, 0.5) is 0 Å². The first-order valence-electron chi connectivity index (χ1n) is 7.51. The molecule has 1 aliphatic heterocycles. The molecule has 1 aromatic carbocycles. The van der Waals surface area contributed by atoms with Gasteiger partial charge in [0.25, 0.3) is 5.91 Å². The van der Waals surface area contributed by atoms with E-state index in [0.717, 1.165) is 10.6 Å². The fourth-order valence-electron chi connectivity index (χ4n) is 2.88. The van der Waals surface area contributed by atoms with E-state index < -0.39 is 9.84 Å². The Morgan fingerprint density at radius 2 is 2.09 bits per heavy atom. The van der Waals surface area contributed by atoms with Crippen LogP contribution in [-0.2, 0) is 9.84 Å². The van der Waals surface area contributed by atoms with Crippen LogP contribution < -0.4 is 0 Å². The number of sulfone groups is 1. The maximum Gasteiger partial charge on any atom is 0.254 e. The van der Waals surface area contributed by atoms with Gasteiger partial charge in [0.05, 0.1) is 11.5 Å². The standard InChI is InChI=1S/C16H18N2O3S2/c1-2-18(14-7-10-23(20,21)11-14)16(19)13-5-3-12(4-6-13)15-17-8-9-22-15/h3-6,8-9,14H,2,7,10-11H2,1H3. The zero-order chi connectivity index (χ0) is 16.4. The second kappa shape index (κ2) is 6.41. The summed E-state index contributed by atoms with van der Waals surface area (Å²) < 4.78 is 23.3. The summed E-state index contributed by atoms with van der Waals surface area (Å²) in [7, 11) is -3.00. The zero-order valence-electron chi connectivity index (χ0n) is 12.8. The third kappa shape index (κ3) is 3.45. The second-order valence-corrected chi connectivity index (χ2v) is 8.69. The van der Waals surface area contributed by atoms with Crippen molar-refractivity contribution in [2.45, 2.75) is 19.4 Å². The van der Waals surface area contributed by atoms with Gasteiger partial charge >= 0.3 is 0 Å². The van der Waals surface area contributed by atoms with Gasteiger partial charge in [-0.2, -0.15) is 0 Å². The van der Waals surface area contributed by atoms with E-state index in [-0.39, 0.29) is 23.5 Å². The molecule has 0 aliphatic carbocycles. The molecule has 0 N–H and O–H groups in total. The fraction of sp³-hybridized carbons (Fsp3) is 0.375. The summed E-state index contributed by atoms with van der Waals surface area (Å²) in [5.41, 5.74) is 1.56. The van der Waals surface area contributed by atoms with E-state index in [2.05, 4.69) is 4.98 Å². The normalized spacial score (nSPS) is 19.6. The lowest BCUT2D eigenvalue weighted by atomic mass is 10.1. The first-order valence-corrected chi connectivity index (χ1v) is 10.2. The SMILES string of the molecule is CCN(C(=O)c1ccc(-c2nccs2)cc1)C1CCS(=O)(=O)C1. The number of amides is 1. The maximum absolute atomic E-state index is 12.7. The summed E-state index contributed by atoms with van der Waals surface area (Å²) in [6.07, 6.45) is 2.28. The van der Waals surface area contributed by atoms with Crippen LogP contribution in [0.1, 0.15) is 23.7 Å². The topological polar surface area (TPSA) is 67.3 Å². The fourth-order valence-corrected chi connectivity index (χ4v) is 5.25. The highest BCUT2D eigenvalue weighted by atomic mass is 32.2. The molecule has 1 atom stereocenters. The van der Waals surface area contributed by atoms with Gasteiger partial charge in [-0.05, 0) is 25.5 Å². The number of carbonyl (C=O) groups is 1. The predicted octanol–water partition coefficient (Wildman–Crippen LogP) is 2.46. The van der Waals surface area contributed by atoms with E-state index in [4.69, 9.17) is 0 Å². The van der Waals surface area contributed by atoms with Crippen molar-refractivity contribution in [2.24, 2.45) is 0 Å². The minimum Gasteiger partial charge on any atom is -0.335 e. The van der Waals surface area contributed by atoms with Gasteiger partial charge in [0.1, 0.15) is 5.01 Å². The van der Waals surface area contributed by atoms with Gasteiger partial charge in [-0.3, -0.25) is 4.79 Å². The summed E-state index contributed by atoms with van der Waals surface area (Å²) in [5, 5.41) is 2.83. The molecule has 1 unspecified atom stereocenters. The van der Waals surface area contributed by atoms with Crippen molar-refractivity contribution in [3.8, 4) is 10.6 Å². The van der Waals surface area contributed by atoms with E-state index in [1.54, 1.807) is 34.6 Å². The molecular formula is C16H18N2O3S2. The molecule has 122 valence electrons. The van der Waals surface area contributed by atoms with Gasteiger partial charge in [-0.25, -0.2) is 13.4 Å². The zero-order valence-corrected chi connectivity index (χ0v) is 14.4. The van der Waals surface area contributed by atoms with E-state index in [1.807, 2.05) is 24.4 Å². The lowest BCUT2D eigenvalue weighted by molar-refractivity contribution is 0.0708. The number of rotatable bonds is 4. The molecular weight excluding hydrogens is 332 g/mol. The Kier molecular flexibility index (Phi) is 4.50. The molecule has 1 aromatic heterocycles. The Balaban J connectivity index is 1.78. The van der Waals surface area contributed by atoms with Gasteiger partial charge < -0.3 is 4.90 Å². The average molecular weight is 350 g/mol. The molecule has 0 saturated carbocycles. The van der Waals surface area contributed by atoms with E-state index >= 15 is 0 Å². The average Bonchev–Trinajstić information content (AvgIpc) is 3.18. The third-order valence-corrected chi connectivity index (χ3v) is 6.63. The van der Waals surface area contributed by atoms with Crippen LogP contribution in [-0.4, -0.2) is 48.3 Å². The van der Waals surface area contributed by atoms with Gasteiger partial charge in [0.15, 0.2) is 9.84 Å². The van der Waals surface area contributed by atoms with Crippen molar-refractivity contribution in [1.82, 2.24) is 9.88 Å². The van der Waals surface area contributed by atoms with Gasteiger partial charge in [-0.1, -0.05) is 12.1 Å². The highest BCUT2D eigenvalue weighted by Gasteiger charge is 2.34. The van der Waals surface area contributed by atoms with Crippen LogP contribution in [0, 0.1) is 0 Å². The first-order chi connectivity index (χ1) is 11.0. The highest BCUT2D eigenvalue weighted by molar-refractivity contribution is 7.91. The van der Waals surface area contributed by atoms with Crippen molar-refractivity contribution in [3.05, 3.63) is 41.4 Å². The molecule has 0 bridgehead atoms. The molecule has 2 heterocycles. The van der Waals surface area contributed by atoms with Crippen molar-refractivity contribution in [3.63, 3.8) is 0 Å². The van der Waals surface area contributed by atoms with Gasteiger partial charge in [0.2, 0.25) is 0 Å². The Bertz CT molecular complexity index is 783. The number of aromatic nitrogens is 1. The van der Waals surface area contributed by atoms with Crippen LogP contribution >= 0.6 is 11.3 Å². The summed E-state index contributed by atoms with van der Waals surface area (Å²) in [5.74, 6) is 0.133. The Labute approximate surface area is 139 Å². The molecule has 1 saturated heterocycles. The third-order valence-electron chi connectivity index (χ3n) is 4.06. The summed E-state index contributed by atoms with van der Waals surface area (Å²) in [6.45, 7) is 2.39. The molecule has 0 radical (unpaired) electrons. The summed E-state index contributed by atoms with van der Waals surface area (Å²) >= 11 is 1.55. The molecule has 1 amide bonds. The number of hydrogen-bond donors (Lipinski definition) is 0. The number of benzene rings is 1. The Hall–Kier alpha value is -1.73. The van der Waals surface area contributed by atoms with E-state index in [1.165, 1.54) is 0 Å². The molecule has 2 aromatic rings. The van der Waals surface area contributed by atoms with Crippen LogP contribution in [0.25, 0.3) is 10.6 Å². The van der Waals surface area contributed by atoms with Gasteiger partial charge in [0, 0.05) is 35.3 Å². The predicted molar refractivity (Wildman–Crippen MR) is 91.3 cm³/mol. The van der Waals surface area contributed by atoms with E-state index in [0.29, 0.717) is 18.5 Å². The van der Waals surface area contributed by atoms with Crippen LogP contribution in [0.15, 0.2) is 35.8 Å². The highest BCUT2D eigenvalue weighted by Crippen LogP contribution is 2.24. The summed E-state index contributed by atoms with van der Waals surface area (Å²) in [4.78, 5) is 18.6. The Morgan fingerprint density at radius 1 is 1.35 bits per heavy atom. The Morgan fingerprint density at radius 3 is 2.61 bits per heavy atom. The molecule has 5 nitrogen and oxygen atoms in total. The largest absolute Gasteiger partial charge is 0.335 e. The van der Waals surface area contributed by atoms with Crippen molar-refractivity contribution >= 4 is 27.1 Å². The smallest absolute Gasteiger partial charge is 0.254 e. The molecule has 0 spiro atoms. The summed E-state index contributed by atoms with van der Waals surface area (Å²) in [6, 6.07) is 7.11. The molecule has 7 heteroatoms. The minimum absolute atomic E-state index is 0.0732. The monoisotopic (exact) mass is 350 g/mol. The van der Waals surface area contributed by atoms with Crippen molar-refractivity contribution in [1.29, 1.82) is 0 Å². The number of nitrogens with zero attached hydrogens (tertiary/aromatic N) is 2. The molecule has 23 heavy (non-hydrogen) atoms. The second-order valence-electron chi connectivity index (χ2n) is 5.56.